The van der Waals surface area contributed by atoms with Gasteiger partial charge in [-0.15, -0.1) is 12.4 Å². The number of aryl methyl sites for hydroxylation is 1. The first-order chi connectivity index (χ1) is 9.69. The highest BCUT2D eigenvalue weighted by atomic mass is 35.5. The summed E-state index contributed by atoms with van der Waals surface area (Å²) >= 11 is 0. The van der Waals surface area contributed by atoms with Gasteiger partial charge < -0.3 is 10.5 Å². The Labute approximate surface area is 132 Å². The van der Waals surface area contributed by atoms with E-state index in [2.05, 4.69) is 37.3 Å². The van der Waals surface area contributed by atoms with E-state index in [1.165, 1.54) is 0 Å². The van der Waals surface area contributed by atoms with Crippen LogP contribution in [0.1, 0.15) is 20.3 Å². The minimum Gasteiger partial charge on any atom is -0.493 e. The average Bonchev–Trinajstić information content (AvgIpc) is 2.92. The second-order valence-corrected chi connectivity index (χ2v) is 5.36. The fourth-order valence-corrected chi connectivity index (χ4v) is 1.89. The average molecular weight is 310 g/mol. The van der Waals surface area contributed by atoms with E-state index in [0.29, 0.717) is 12.5 Å². The van der Waals surface area contributed by atoms with Crippen LogP contribution < -0.4 is 10.5 Å². The van der Waals surface area contributed by atoms with E-state index in [9.17, 15) is 0 Å². The summed E-state index contributed by atoms with van der Waals surface area (Å²) in [6.45, 7) is 6.59. The number of hydrogen-bond donors (Lipinski definition) is 1. The van der Waals surface area contributed by atoms with Crippen molar-refractivity contribution in [2.24, 2.45) is 11.7 Å². The molecule has 1 aromatic carbocycles. The molecular weight excluding hydrogens is 286 g/mol. The summed E-state index contributed by atoms with van der Waals surface area (Å²) in [7, 11) is 0. The van der Waals surface area contributed by atoms with Gasteiger partial charge in [0.15, 0.2) is 0 Å². The van der Waals surface area contributed by atoms with Crippen molar-refractivity contribution in [3.05, 3.63) is 36.7 Å². The first-order valence-corrected chi connectivity index (χ1v) is 7.15. The maximum Gasteiger partial charge on any atom is 0.119 e. The van der Waals surface area contributed by atoms with Crippen LogP contribution in [0, 0.1) is 5.92 Å². The summed E-state index contributed by atoms with van der Waals surface area (Å²) in [6, 6.07) is 8.16. The van der Waals surface area contributed by atoms with Gasteiger partial charge in [-0.05, 0) is 36.6 Å². The Bertz CT molecular complexity index is 523. The SMILES string of the molecule is CC(C)COc1ccc(-c2cnn(CCCN)c2)cc1.Cl. The Hall–Kier alpha value is -1.52. The molecule has 0 amide bonds. The molecule has 0 spiro atoms. The molecule has 0 radical (unpaired) electrons. The smallest absolute Gasteiger partial charge is 0.119 e. The zero-order valence-electron chi connectivity index (χ0n) is 12.7. The number of benzene rings is 1. The third-order valence-corrected chi connectivity index (χ3v) is 3.00. The highest BCUT2D eigenvalue weighted by molar-refractivity contribution is 5.85. The molecule has 2 rings (SSSR count). The van der Waals surface area contributed by atoms with Crippen LogP contribution in [0.25, 0.3) is 11.1 Å². The zero-order valence-corrected chi connectivity index (χ0v) is 13.5. The lowest BCUT2D eigenvalue weighted by Gasteiger charge is -2.08. The molecule has 1 heterocycles. The fourth-order valence-electron chi connectivity index (χ4n) is 1.89. The van der Waals surface area contributed by atoms with Crippen molar-refractivity contribution in [1.82, 2.24) is 9.78 Å². The lowest BCUT2D eigenvalue weighted by molar-refractivity contribution is 0.271. The van der Waals surface area contributed by atoms with Crippen molar-refractivity contribution < 1.29 is 4.74 Å². The topological polar surface area (TPSA) is 53.1 Å². The van der Waals surface area contributed by atoms with E-state index >= 15 is 0 Å². The summed E-state index contributed by atoms with van der Waals surface area (Å²) in [5, 5.41) is 4.34. The van der Waals surface area contributed by atoms with Crippen molar-refractivity contribution in [2.75, 3.05) is 13.2 Å². The van der Waals surface area contributed by atoms with Crippen molar-refractivity contribution >= 4 is 12.4 Å². The van der Waals surface area contributed by atoms with Crippen LogP contribution in [0.15, 0.2) is 36.7 Å². The van der Waals surface area contributed by atoms with Crippen LogP contribution in [-0.4, -0.2) is 22.9 Å². The molecule has 2 N–H and O–H groups in total. The normalized spacial score (nSPS) is 10.5. The van der Waals surface area contributed by atoms with E-state index < -0.39 is 0 Å². The van der Waals surface area contributed by atoms with Crippen LogP contribution in [-0.2, 0) is 6.54 Å². The van der Waals surface area contributed by atoms with Gasteiger partial charge in [0.2, 0.25) is 0 Å². The lowest BCUT2D eigenvalue weighted by atomic mass is 10.1. The first-order valence-electron chi connectivity index (χ1n) is 7.15. The molecule has 0 aliphatic rings. The van der Waals surface area contributed by atoms with Crippen molar-refractivity contribution in [2.45, 2.75) is 26.8 Å². The highest BCUT2D eigenvalue weighted by Gasteiger charge is 2.03. The summed E-state index contributed by atoms with van der Waals surface area (Å²) < 4.78 is 7.62. The Balaban J connectivity index is 0.00000220. The third kappa shape index (κ3) is 5.40. The summed E-state index contributed by atoms with van der Waals surface area (Å²) in [5.74, 6) is 1.45. The van der Waals surface area contributed by atoms with E-state index in [-0.39, 0.29) is 12.4 Å². The van der Waals surface area contributed by atoms with Gasteiger partial charge in [0, 0.05) is 18.3 Å². The Morgan fingerprint density at radius 1 is 1.19 bits per heavy atom. The van der Waals surface area contributed by atoms with Crippen LogP contribution in [0.4, 0.5) is 0 Å². The molecule has 2 aromatic rings. The maximum atomic E-state index is 5.68. The van der Waals surface area contributed by atoms with Crippen LogP contribution in [0.2, 0.25) is 0 Å². The third-order valence-electron chi connectivity index (χ3n) is 3.00. The van der Waals surface area contributed by atoms with Gasteiger partial charge in [-0.2, -0.15) is 5.10 Å². The van der Waals surface area contributed by atoms with Gasteiger partial charge in [0.1, 0.15) is 5.75 Å². The first kappa shape index (κ1) is 17.5. The largest absolute Gasteiger partial charge is 0.493 e. The lowest BCUT2D eigenvalue weighted by Crippen LogP contribution is -2.05. The number of hydrogen-bond acceptors (Lipinski definition) is 3. The summed E-state index contributed by atoms with van der Waals surface area (Å²) in [5.41, 5.74) is 7.78. The van der Waals surface area contributed by atoms with Gasteiger partial charge in [-0.3, -0.25) is 4.68 Å². The quantitative estimate of drug-likeness (QED) is 0.853. The molecule has 21 heavy (non-hydrogen) atoms. The molecule has 0 aliphatic carbocycles. The number of halogens is 1. The van der Waals surface area contributed by atoms with Crippen LogP contribution >= 0.6 is 12.4 Å². The molecule has 0 fully saturated rings. The number of ether oxygens (including phenoxy) is 1. The van der Waals surface area contributed by atoms with Crippen molar-refractivity contribution in [1.29, 1.82) is 0 Å². The molecule has 5 heteroatoms. The van der Waals surface area contributed by atoms with E-state index in [0.717, 1.165) is 36.4 Å². The number of aromatic nitrogens is 2. The molecule has 0 bridgehead atoms. The van der Waals surface area contributed by atoms with Crippen molar-refractivity contribution in [3.63, 3.8) is 0 Å². The predicted molar refractivity (Wildman–Crippen MR) is 88.9 cm³/mol. The molecule has 4 nitrogen and oxygen atoms in total. The standard InChI is InChI=1S/C16H23N3O.ClH/c1-13(2)12-20-16-6-4-14(5-7-16)15-10-18-19(11-15)9-3-8-17;/h4-7,10-11,13H,3,8-9,12,17H2,1-2H3;1H. The van der Waals surface area contributed by atoms with Crippen molar-refractivity contribution in [3.8, 4) is 16.9 Å². The monoisotopic (exact) mass is 309 g/mol. The molecular formula is C16H24ClN3O. The van der Waals surface area contributed by atoms with Crippen LogP contribution in [0.5, 0.6) is 5.75 Å². The second-order valence-electron chi connectivity index (χ2n) is 5.36. The summed E-state index contributed by atoms with van der Waals surface area (Å²) in [6.07, 6.45) is 4.89. The molecule has 0 aliphatic heterocycles. The molecule has 0 saturated heterocycles. The maximum absolute atomic E-state index is 5.68. The molecule has 0 unspecified atom stereocenters. The summed E-state index contributed by atoms with van der Waals surface area (Å²) in [4.78, 5) is 0. The number of nitrogens with zero attached hydrogens (tertiary/aromatic N) is 2. The Kier molecular flexibility index (Phi) is 7.26. The molecule has 116 valence electrons. The van der Waals surface area contributed by atoms with E-state index in [1.54, 1.807) is 0 Å². The van der Waals surface area contributed by atoms with E-state index in [4.69, 9.17) is 10.5 Å². The Morgan fingerprint density at radius 2 is 1.90 bits per heavy atom. The van der Waals surface area contributed by atoms with Gasteiger partial charge in [0.05, 0.1) is 12.8 Å². The Morgan fingerprint density at radius 3 is 2.52 bits per heavy atom. The zero-order chi connectivity index (χ0) is 14.4. The van der Waals surface area contributed by atoms with Crippen LogP contribution in [0.3, 0.4) is 0 Å². The predicted octanol–water partition coefficient (Wildman–Crippen LogP) is 3.36. The molecule has 0 saturated carbocycles. The second kappa shape index (κ2) is 8.70. The van der Waals surface area contributed by atoms with Gasteiger partial charge in [-0.25, -0.2) is 0 Å². The molecule has 1 aromatic heterocycles. The van der Waals surface area contributed by atoms with Gasteiger partial charge in [0.25, 0.3) is 0 Å². The van der Waals surface area contributed by atoms with Gasteiger partial charge in [-0.1, -0.05) is 26.0 Å². The van der Waals surface area contributed by atoms with Gasteiger partial charge >= 0.3 is 0 Å². The number of nitrogens with two attached hydrogens (primary N) is 1. The minimum absolute atomic E-state index is 0. The highest BCUT2D eigenvalue weighted by Crippen LogP contribution is 2.22. The van der Waals surface area contributed by atoms with E-state index in [1.807, 2.05) is 23.0 Å². The number of rotatable bonds is 7. The fraction of sp³-hybridized carbons (Fsp3) is 0.438. The molecule has 0 atom stereocenters. The minimum atomic E-state index is 0.